The van der Waals surface area contributed by atoms with E-state index in [0.29, 0.717) is 5.56 Å². The Balaban J connectivity index is 0.000000400. The minimum Gasteiger partial charge on any atom is -0.276 e. The molecule has 148 valence electrons. The first kappa shape index (κ1) is 25.1. The molecule has 0 heterocycles. The number of nitrogens with two attached hydrogens (primary N) is 1. The highest BCUT2D eigenvalue weighted by Crippen LogP contribution is 2.15. The van der Waals surface area contributed by atoms with Crippen LogP contribution in [0.15, 0.2) is 42.5 Å². The highest BCUT2D eigenvalue weighted by Gasteiger charge is 2.10. The van der Waals surface area contributed by atoms with Crippen LogP contribution in [-0.2, 0) is 0 Å². The standard InChI is InChI=1S/C8H5ClF2O.C7H5ClO.C4H12N2/c1-4-6(10)2-5(8(9)12)3-7(4)11;8-7(9)6-4-2-1-3-5-6;1-4(2,3)6-5/h2-3H,1H3;1-5H;6H,5H2,1-3H3. The molecule has 2 aromatic rings. The Morgan fingerprint density at radius 1 is 0.926 bits per heavy atom. The Hall–Kier alpha value is -1.86. The van der Waals surface area contributed by atoms with Crippen molar-refractivity contribution in [1.82, 2.24) is 5.43 Å². The molecule has 8 heteroatoms. The number of hydrogen-bond donors (Lipinski definition) is 2. The topological polar surface area (TPSA) is 72.2 Å². The fourth-order valence-corrected chi connectivity index (χ4v) is 1.56. The van der Waals surface area contributed by atoms with Crippen LogP contribution < -0.4 is 11.3 Å². The van der Waals surface area contributed by atoms with Gasteiger partial charge in [-0.3, -0.25) is 20.9 Å². The zero-order valence-electron chi connectivity index (χ0n) is 15.4. The summed E-state index contributed by atoms with van der Waals surface area (Å²) in [7, 11) is 0. The monoisotopic (exact) mass is 418 g/mol. The summed E-state index contributed by atoms with van der Waals surface area (Å²) in [5.41, 5.74) is 2.93. The second-order valence-electron chi connectivity index (χ2n) is 6.37. The summed E-state index contributed by atoms with van der Waals surface area (Å²) in [6.45, 7) is 7.31. The number of hydrazine groups is 1. The van der Waals surface area contributed by atoms with Gasteiger partial charge in [0.15, 0.2) is 0 Å². The number of hydrogen-bond acceptors (Lipinski definition) is 4. The average molecular weight is 419 g/mol. The van der Waals surface area contributed by atoms with Crippen molar-refractivity contribution in [2.45, 2.75) is 33.2 Å². The smallest absolute Gasteiger partial charge is 0.252 e. The molecule has 0 aliphatic heterocycles. The summed E-state index contributed by atoms with van der Waals surface area (Å²) >= 11 is 10.2. The van der Waals surface area contributed by atoms with Crippen LogP contribution in [0.25, 0.3) is 0 Å². The second-order valence-corrected chi connectivity index (χ2v) is 7.06. The maximum absolute atomic E-state index is 12.7. The lowest BCUT2D eigenvalue weighted by Crippen LogP contribution is -2.41. The number of benzene rings is 2. The lowest BCUT2D eigenvalue weighted by atomic mass is 10.1. The van der Waals surface area contributed by atoms with Gasteiger partial charge in [-0.05, 0) is 63.0 Å². The SMILES string of the molecule is CC(C)(C)NN.Cc1c(F)cc(C(=O)Cl)cc1F.O=C(Cl)c1ccccc1. The summed E-state index contributed by atoms with van der Waals surface area (Å²) in [5, 5.41) is -1.27. The minimum absolute atomic E-state index is 0.0694. The third-order valence-corrected chi connectivity index (χ3v) is 3.38. The molecule has 0 spiro atoms. The predicted molar refractivity (Wildman–Crippen MR) is 105 cm³/mol. The maximum Gasteiger partial charge on any atom is 0.252 e. The molecular formula is C19H22Cl2F2N2O2. The number of halogens is 4. The fourth-order valence-electron chi connectivity index (χ4n) is 1.33. The van der Waals surface area contributed by atoms with Crippen molar-refractivity contribution < 1.29 is 18.4 Å². The third-order valence-electron chi connectivity index (χ3n) is 2.94. The van der Waals surface area contributed by atoms with Crippen molar-refractivity contribution in [1.29, 1.82) is 0 Å². The Morgan fingerprint density at radius 3 is 1.56 bits per heavy atom. The van der Waals surface area contributed by atoms with Crippen molar-refractivity contribution in [2.24, 2.45) is 5.84 Å². The van der Waals surface area contributed by atoms with E-state index < -0.39 is 22.1 Å². The molecule has 0 saturated heterocycles. The van der Waals surface area contributed by atoms with E-state index in [2.05, 4.69) is 5.43 Å². The van der Waals surface area contributed by atoms with Crippen LogP contribution in [0.1, 0.15) is 47.1 Å². The van der Waals surface area contributed by atoms with Gasteiger partial charge >= 0.3 is 0 Å². The molecule has 0 unspecified atom stereocenters. The van der Waals surface area contributed by atoms with Crippen molar-refractivity contribution in [3.63, 3.8) is 0 Å². The maximum atomic E-state index is 12.7. The van der Waals surface area contributed by atoms with Gasteiger partial charge in [0.1, 0.15) is 11.6 Å². The number of rotatable bonds is 2. The van der Waals surface area contributed by atoms with E-state index in [4.69, 9.17) is 29.0 Å². The van der Waals surface area contributed by atoms with Gasteiger partial charge in [0.05, 0.1) is 0 Å². The third kappa shape index (κ3) is 10.8. The molecule has 0 fully saturated rings. The molecule has 3 N–H and O–H groups in total. The van der Waals surface area contributed by atoms with Crippen molar-refractivity contribution >= 4 is 33.7 Å². The highest BCUT2D eigenvalue weighted by molar-refractivity contribution is 6.68. The summed E-state index contributed by atoms with van der Waals surface area (Å²) in [6, 6.07) is 10.6. The molecule has 0 atom stereocenters. The van der Waals surface area contributed by atoms with Crippen LogP contribution in [0.2, 0.25) is 0 Å². The van der Waals surface area contributed by atoms with E-state index in [0.717, 1.165) is 12.1 Å². The van der Waals surface area contributed by atoms with Crippen LogP contribution in [0.4, 0.5) is 8.78 Å². The van der Waals surface area contributed by atoms with E-state index in [-0.39, 0.29) is 16.7 Å². The Bertz CT molecular complexity index is 741. The van der Waals surface area contributed by atoms with Crippen LogP contribution in [-0.4, -0.2) is 16.0 Å². The first-order valence-corrected chi connectivity index (χ1v) is 8.52. The van der Waals surface area contributed by atoms with E-state index in [1.807, 2.05) is 26.8 Å². The number of carbonyl (C=O) groups is 2. The summed E-state index contributed by atoms with van der Waals surface area (Å²) in [6.07, 6.45) is 0. The van der Waals surface area contributed by atoms with E-state index in [1.54, 1.807) is 24.3 Å². The molecule has 0 bridgehead atoms. The van der Waals surface area contributed by atoms with E-state index >= 15 is 0 Å². The first-order chi connectivity index (χ1) is 12.4. The van der Waals surface area contributed by atoms with Gasteiger partial charge in [0, 0.05) is 22.2 Å². The Morgan fingerprint density at radius 2 is 1.30 bits per heavy atom. The van der Waals surface area contributed by atoms with Crippen molar-refractivity contribution in [3.8, 4) is 0 Å². The molecule has 0 aromatic heterocycles. The van der Waals surface area contributed by atoms with Gasteiger partial charge in [-0.15, -0.1) is 0 Å². The summed E-state index contributed by atoms with van der Waals surface area (Å²) < 4.78 is 25.5. The quantitative estimate of drug-likeness (QED) is 0.410. The van der Waals surface area contributed by atoms with Crippen LogP contribution in [0, 0.1) is 18.6 Å². The predicted octanol–water partition coefficient (Wildman–Crippen LogP) is 4.97. The zero-order chi connectivity index (χ0) is 21.2. The van der Waals surface area contributed by atoms with E-state index in [9.17, 15) is 18.4 Å². The lowest BCUT2D eigenvalue weighted by Gasteiger charge is -2.14. The molecule has 27 heavy (non-hydrogen) atoms. The van der Waals surface area contributed by atoms with Gasteiger partial charge in [-0.1, -0.05) is 30.3 Å². The Kier molecular flexibility index (Phi) is 11.0. The molecule has 2 rings (SSSR count). The lowest BCUT2D eigenvalue weighted by molar-refractivity contribution is 0.107. The highest BCUT2D eigenvalue weighted by atomic mass is 35.5. The fraction of sp³-hybridized carbons (Fsp3) is 0.263. The zero-order valence-corrected chi connectivity index (χ0v) is 17.0. The molecule has 0 aliphatic carbocycles. The van der Waals surface area contributed by atoms with Crippen LogP contribution in [0.5, 0.6) is 0 Å². The normalized spacial score (nSPS) is 10.1. The number of nitrogens with one attached hydrogen (secondary N) is 1. The molecule has 0 saturated carbocycles. The van der Waals surface area contributed by atoms with Gasteiger partial charge in [0.25, 0.3) is 10.5 Å². The molecule has 0 amide bonds. The van der Waals surface area contributed by atoms with Crippen LogP contribution >= 0.6 is 23.2 Å². The van der Waals surface area contributed by atoms with Gasteiger partial charge in [-0.2, -0.15) is 0 Å². The molecule has 0 radical (unpaired) electrons. The first-order valence-electron chi connectivity index (χ1n) is 7.77. The van der Waals surface area contributed by atoms with Gasteiger partial charge in [0.2, 0.25) is 0 Å². The number of carbonyl (C=O) groups excluding carboxylic acids is 2. The minimum atomic E-state index is -0.868. The Labute approximate surface area is 167 Å². The van der Waals surface area contributed by atoms with Crippen molar-refractivity contribution in [3.05, 3.63) is 70.8 Å². The van der Waals surface area contributed by atoms with Gasteiger partial charge in [-0.25, -0.2) is 8.78 Å². The summed E-state index contributed by atoms with van der Waals surface area (Å²) in [4.78, 5) is 20.9. The van der Waals surface area contributed by atoms with Gasteiger partial charge < -0.3 is 0 Å². The largest absolute Gasteiger partial charge is 0.276 e. The van der Waals surface area contributed by atoms with E-state index in [1.165, 1.54) is 6.92 Å². The van der Waals surface area contributed by atoms with Crippen LogP contribution in [0.3, 0.4) is 0 Å². The second kappa shape index (κ2) is 11.8. The molecule has 2 aromatic carbocycles. The van der Waals surface area contributed by atoms with Crippen molar-refractivity contribution in [2.75, 3.05) is 0 Å². The molecule has 4 nitrogen and oxygen atoms in total. The molecular weight excluding hydrogens is 397 g/mol. The average Bonchev–Trinajstić information content (AvgIpc) is 2.60. The summed E-state index contributed by atoms with van der Waals surface area (Å²) in [5.74, 6) is 3.53. The molecule has 0 aliphatic rings.